The first kappa shape index (κ1) is 21.9. The largest absolute Gasteiger partial charge is 0.417 e. The summed E-state index contributed by atoms with van der Waals surface area (Å²) >= 11 is 0. The van der Waals surface area contributed by atoms with Gasteiger partial charge in [0, 0.05) is 25.3 Å². The van der Waals surface area contributed by atoms with Gasteiger partial charge in [-0.05, 0) is 41.7 Å². The Morgan fingerprint density at radius 3 is 2.19 bits per heavy atom. The molecule has 1 amide bonds. The maximum absolute atomic E-state index is 12.7. The average molecular weight is 439 g/mol. The lowest BCUT2D eigenvalue weighted by Crippen LogP contribution is -2.45. The number of halogens is 3. The zero-order valence-corrected chi connectivity index (χ0v) is 17.5. The highest BCUT2D eigenvalue weighted by Gasteiger charge is 2.31. The van der Waals surface area contributed by atoms with Crippen LogP contribution < -0.4 is 10.2 Å². The molecule has 0 radical (unpaired) electrons. The van der Waals surface area contributed by atoms with E-state index in [2.05, 4.69) is 10.3 Å². The van der Waals surface area contributed by atoms with Gasteiger partial charge in [-0.15, -0.1) is 0 Å². The minimum atomic E-state index is -4.38. The molecule has 4 rings (SSSR count). The van der Waals surface area contributed by atoms with Crippen molar-refractivity contribution in [1.82, 2.24) is 10.3 Å². The molecule has 0 spiro atoms. The molecule has 1 aliphatic rings. The smallest absolute Gasteiger partial charge is 0.356 e. The number of carbonyl (C=O) groups excluding carboxylic acids is 1. The summed E-state index contributed by atoms with van der Waals surface area (Å²) in [6.45, 7) is 1.27. The minimum absolute atomic E-state index is 0.0245. The molecule has 1 aromatic heterocycles. The maximum atomic E-state index is 12.7. The summed E-state index contributed by atoms with van der Waals surface area (Å²) in [5.41, 5.74) is 2.45. The van der Waals surface area contributed by atoms with Crippen LogP contribution in [0.4, 0.5) is 19.0 Å². The molecule has 0 saturated carbocycles. The van der Waals surface area contributed by atoms with Gasteiger partial charge in [0.25, 0.3) is 0 Å². The first-order valence-corrected chi connectivity index (χ1v) is 10.6. The van der Waals surface area contributed by atoms with E-state index in [9.17, 15) is 18.0 Å². The monoisotopic (exact) mass is 439 g/mol. The van der Waals surface area contributed by atoms with Gasteiger partial charge in [-0.2, -0.15) is 13.2 Å². The Labute approximate surface area is 185 Å². The van der Waals surface area contributed by atoms with Crippen LogP contribution in [0.2, 0.25) is 0 Å². The quantitative estimate of drug-likeness (QED) is 0.602. The van der Waals surface area contributed by atoms with E-state index in [1.54, 1.807) is 0 Å². The second kappa shape index (κ2) is 9.42. The van der Waals surface area contributed by atoms with E-state index in [4.69, 9.17) is 0 Å². The number of anilines is 1. The van der Waals surface area contributed by atoms with Crippen molar-refractivity contribution in [2.75, 3.05) is 18.0 Å². The van der Waals surface area contributed by atoms with Crippen LogP contribution in [-0.2, 0) is 17.4 Å². The second-order valence-electron chi connectivity index (χ2n) is 7.97. The summed E-state index contributed by atoms with van der Waals surface area (Å²) in [5, 5.41) is 3.08. The molecule has 166 valence electrons. The molecule has 1 aliphatic heterocycles. The molecule has 7 heteroatoms. The standard InChI is InChI=1S/C25H24F3N3O/c26-25(27,28)21-10-11-23(29-17-21)31-14-12-22(13-15-31)30-24(32)16-18-6-8-20(9-7-18)19-4-2-1-3-5-19/h1-11,17,22H,12-16H2,(H,30,32). The van der Waals surface area contributed by atoms with Crippen LogP contribution in [0.15, 0.2) is 72.9 Å². The average Bonchev–Trinajstić information content (AvgIpc) is 2.80. The van der Waals surface area contributed by atoms with E-state index in [-0.39, 0.29) is 11.9 Å². The topological polar surface area (TPSA) is 45.2 Å². The fourth-order valence-electron chi connectivity index (χ4n) is 3.90. The lowest BCUT2D eigenvalue weighted by Gasteiger charge is -2.33. The number of carbonyl (C=O) groups is 1. The summed E-state index contributed by atoms with van der Waals surface area (Å²) in [6, 6.07) is 20.6. The van der Waals surface area contributed by atoms with E-state index in [1.165, 1.54) is 6.07 Å². The number of hydrogen-bond donors (Lipinski definition) is 1. The molecule has 1 fully saturated rings. The third-order valence-corrected chi connectivity index (χ3v) is 5.68. The van der Waals surface area contributed by atoms with Crippen molar-refractivity contribution in [2.24, 2.45) is 0 Å². The van der Waals surface area contributed by atoms with Crippen molar-refractivity contribution >= 4 is 11.7 Å². The van der Waals surface area contributed by atoms with E-state index >= 15 is 0 Å². The van der Waals surface area contributed by atoms with Crippen LogP contribution in [0.3, 0.4) is 0 Å². The Bertz CT molecular complexity index is 1030. The number of hydrogen-bond acceptors (Lipinski definition) is 3. The molecule has 0 unspecified atom stereocenters. The first-order chi connectivity index (χ1) is 15.4. The van der Waals surface area contributed by atoms with Gasteiger partial charge >= 0.3 is 6.18 Å². The fraction of sp³-hybridized carbons (Fsp3) is 0.280. The molecule has 2 aromatic carbocycles. The molecule has 4 nitrogen and oxygen atoms in total. The molecule has 0 atom stereocenters. The number of piperidine rings is 1. The van der Waals surface area contributed by atoms with Gasteiger partial charge in [0.05, 0.1) is 12.0 Å². The Hall–Kier alpha value is -3.35. The van der Waals surface area contributed by atoms with Crippen molar-refractivity contribution in [3.05, 3.63) is 84.1 Å². The maximum Gasteiger partial charge on any atom is 0.417 e. The van der Waals surface area contributed by atoms with E-state index < -0.39 is 11.7 Å². The van der Waals surface area contributed by atoms with Crippen LogP contribution in [0, 0.1) is 0 Å². The number of benzene rings is 2. The lowest BCUT2D eigenvalue weighted by molar-refractivity contribution is -0.137. The van der Waals surface area contributed by atoms with Gasteiger partial charge < -0.3 is 10.2 Å². The Balaban J connectivity index is 1.26. The zero-order valence-electron chi connectivity index (χ0n) is 17.5. The van der Waals surface area contributed by atoms with E-state index in [0.717, 1.165) is 41.8 Å². The highest BCUT2D eigenvalue weighted by molar-refractivity contribution is 5.79. The van der Waals surface area contributed by atoms with Gasteiger partial charge in [-0.1, -0.05) is 54.6 Å². The number of aromatic nitrogens is 1. The van der Waals surface area contributed by atoms with Crippen LogP contribution >= 0.6 is 0 Å². The molecule has 1 N–H and O–H groups in total. The summed E-state index contributed by atoms with van der Waals surface area (Å²) < 4.78 is 38.1. The Morgan fingerprint density at radius 2 is 1.59 bits per heavy atom. The molecule has 32 heavy (non-hydrogen) atoms. The lowest BCUT2D eigenvalue weighted by atomic mass is 10.0. The number of pyridine rings is 1. The number of rotatable bonds is 5. The number of alkyl halides is 3. The van der Waals surface area contributed by atoms with Gasteiger partial charge in [-0.3, -0.25) is 4.79 Å². The van der Waals surface area contributed by atoms with Crippen LogP contribution in [0.25, 0.3) is 11.1 Å². The summed E-state index contributed by atoms with van der Waals surface area (Å²) in [7, 11) is 0. The van der Waals surface area contributed by atoms with Crippen LogP contribution in [0.5, 0.6) is 0 Å². The van der Waals surface area contributed by atoms with Crippen molar-refractivity contribution in [2.45, 2.75) is 31.5 Å². The van der Waals surface area contributed by atoms with Gasteiger partial charge in [0.1, 0.15) is 5.82 Å². The molecule has 0 bridgehead atoms. The molecule has 0 aliphatic carbocycles. The number of amides is 1. The molecule has 2 heterocycles. The summed E-state index contributed by atoms with van der Waals surface area (Å²) in [5.74, 6) is 0.504. The van der Waals surface area contributed by atoms with Crippen molar-refractivity contribution in [3.63, 3.8) is 0 Å². The summed E-state index contributed by atoms with van der Waals surface area (Å²) in [4.78, 5) is 18.4. The van der Waals surface area contributed by atoms with Crippen LogP contribution in [-0.4, -0.2) is 30.0 Å². The Morgan fingerprint density at radius 1 is 0.938 bits per heavy atom. The van der Waals surface area contributed by atoms with Crippen molar-refractivity contribution < 1.29 is 18.0 Å². The number of nitrogens with zero attached hydrogens (tertiary/aromatic N) is 2. The first-order valence-electron chi connectivity index (χ1n) is 10.6. The fourth-order valence-corrected chi connectivity index (χ4v) is 3.90. The third-order valence-electron chi connectivity index (χ3n) is 5.68. The van der Waals surface area contributed by atoms with E-state index in [1.807, 2.05) is 59.5 Å². The molecule has 3 aromatic rings. The van der Waals surface area contributed by atoms with Crippen molar-refractivity contribution in [3.8, 4) is 11.1 Å². The summed E-state index contributed by atoms with van der Waals surface area (Å²) in [6.07, 6.45) is -1.75. The highest BCUT2D eigenvalue weighted by atomic mass is 19.4. The van der Waals surface area contributed by atoms with Gasteiger partial charge in [-0.25, -0.2) is 4.98 Å². The number of nitrogens with one attached hydrogen (secondary N) is 1. The SMILES string of the molecule is O=C(Cc1ccc(-c2ccccc2)cc1)NC1CCN(c2ccc(C(F)(F)F)cn2)CC1. The predicted octanol–water partition coefficient (Wildman–Crippen LogP) is 5.10. The second-order valence-corrected chi connectivity index (χ2v) is 7.97. The van der Waals surface area contributed by atoms with Gasteiger partial charge in [0.15, 0.2) is 0 Å². The van der Waals surface area contributed by atoms with E-state index in [0.29, 0.717) is 25.3 Å². The normalized spacial score (nSPS) is 14.9. The minimum Gasteiger partial charge on any atom is -0.356 e. The molecular weight excluding hydrogens is 415 g/mol. The highest BCUT2D eigenvalue weighted by Crippen LogP contribution is 2.29. The zero-order chi connectivity index (χ0) is 22.6. The third kappa shape index (κ3) is 5.46. The molecular formula is C25H24F3N3O. The van der Waals surface area contributed by atoms with Crippen molar-refractivity contribution in [1.29, 1.82) is 0 Å². The molecule has 1 saturated heterocycles. The van der Waals surface area contributed by atoms with Crippen LogP contribution in [0.1, 0.15) is 24.0 Å². The van der Waals surface area contributed by atoms with Gasteiger partial charge in [0.2, 0.25) is 5.91 Å². The predicted molar refractivity (Wildman–Crippen MR) is 118 cm³/mol. The Kier molecular flexibility index (Phi) is 6.44.